The van der Waals surface area contributed by atoms with Gasteiger partial charge in [-0.05, 0) is 25.0 Å². The quantitative estimate of drug-likeness (QED) is 0.844. The fourth-order valence-electron chi connectivity index (χ4n) is 4.32. The first-order chi connectivity index (χ1) is 11.7. The molecule has 2 N–H and O–H groups in total. The van der Waals surface area contributed by atoms with Crippen LogP contribution >= 0.6 is 0 Å². The molecule has 0 radical (unpaired) electrons. The number of alkyl halides is 3. The predicted octanol–water partition coefficient (Wildman–Crippen LogP) is 3.06. The highest BCUT2D eigenvalue weighted by Crippen LogP contribution is 2.43. The normalized spacial score (nSPS) is 27.4. The van der Waals surface area contributed by atoms with Gasteiger partial charge in [-0.2, -0.15) is 13.2 Å². The maximum atomic E-state index is 13.2. The molecule has 25 heavy (non-hydrogen) atoms. The second-order valence-corrected chi connectivity index (χ2v) is 7.11. The molecule has 136 valence electrons. The van der Waals surface area contributed by atoms with Gasteiger partial charge in [0.15, 0.2) is 6.04 Å². The molecular formula is C18H22F3N2O2+. The average Bonchev–Trinajstić information content (AvgIpc) is 2.76. The number of benzene rings is 1. The molecule has 1 aromatic rings. The fourth-order valence-corrected chi connectivity index (χ4v) is 4.32. The summed E-state index contributed by atoms with van der Waals surface area (Å²) in [5.74, 6) is -0.618. The number of primary amides is 1. The molecule has 3 rings (SSSR count). The van der Waals surface area contributed by atoms with E-state index in [1.165, 1.54) is 13.0 Å². The number of nitrogens with two attached hydrogens (primary N) is 1. The summed E-state index contributed by atoms with van der Waals surface area (Å²) in [6.07, 6.45) is -1.25. The van der Waals surface area contributed by atoms with E-state index in [-0.39, 0.29) is 35.0 Å². The van der Waals surface area contributed by atoms with Crippen LogP contribution in [-0.4, -0.2) is 28.4 Å². The Bertz CT molecular complexity index is 713. The van der Waals surface area contributed by atoms with Crippen LogP contribution in [0.5, 0.6) is 0 Å². The smallest absolute Gasteiger partial charge is 0.364 e. The van der Waals surface area contributed by atoms with Crippen molar-refractivity contribution in [1.29, 1.82) is 0 Å². The van der Waals surface area contributed by atoms with Gasteiger partial charge in [0.05, 0.1) is 18.0 Å². The number of likely N-dealkylation sites (tertiary alicyclic amines) is 1. The molecule has 1 saturated carbocycles. The van der Waals surface area contributed by atoms with Gasteiger partial charge in [0, 0.05) is 24.8 Å². The van der Waals surface area contributed by atoms with E-state index in [4.69, 9.17) is 5.73 Å². The van der Waals surface area contributed by atoms with Crippen molar-refractivity contribution in [3.05, 3.63) is 34.9 Å². The molecule has 2 atom stereocenters. The summed E-state index contributed by atoms with van der Waals surface area (Å²) >= 11 is 0. The predicted molar refractivity (Wildman–Crippen MR) is 85.0 cm³/mol. The van der Waals surface area contributed by atoms with Crippen molar-refractivity contribution >= 4 is 11.8 Å². The molecule has 1 saturated heterocycles. The number of rotatable bonds is 4. The standard InChI is InChI=1S/C18H21F3N2O2/c1-11-12(4-2-7-14(11)18(19,20)21)10-23(13-5-3-6-13)15(17(22)25)8-9-16(23)24/h2,4,7,13,15H,3,5-6,8-10H2,1H3,(H-,22,25)/p+1/t15-,23?/m0/s1. The van der Waals surface area contributed by atoms with Gasteiger partial charge in [-0.3, -0.25) is 4.79 Å². The topological polar surface area (TPSA) is 60.2 Å². The van der Waals surface area contributed by atoms with E-state index in [1.54, 1.807) is 6.07 Å². The number of carbonyl (C=O) groups excluding carboxylic acids is 2. The largest absolute Gasteiger partial charge is 0.416 e. The number of halogens is 3. The lowest BCUT2D eigenvalue weighted by Gasteiger charge is -2.46. The number of quaternary nitrogens is 1. The van der Waals surface area contributed by atoms with Crippen LogP contribution in [0, 0.1) is 6.92 Å². The van der Waals surface area contributed by atoms with Crippen LogP contribution in [0.1, 0.15) is 48.8 Å². The molecule has 0 spiro atoms. The minimum absolute atomic E-state index is 0.0264. The van der Waals surface area contributed by atoms with Crippen molar-refractivity contribution in [2.24, 2.45) is 5.73 Å². The summed E-state index contributed by atoms with van der Waals surface area (Å²) in [5.41, 5.74) is 5.44. The molecule has 4 nitrogen and oxygen atoms in total. The number of nitrogens with zero attached hydrogens (tertiary/aromatic N) is 1. The molecule has 0 aromatic heterocycles. The maximum Gasteiger partial charge on any atom is 0.416 e. The summed E-state index contributed by atoms with van der Waals surface area (Å²) in [4.78, 5) is 24.8. The van der Waals surface area contributed by atoms with E-state index < -0.39 is 23.7 Å². The highest BCUT2D eigenvalue weighted by molar-refractivity contribution is 5.85. The third kappa shape index (κ3) is 2.84. The Hall–Kier alpha value is -1.89. The first-order valence-electron chi connectivity index (χ1n) is 8.53. The maximum absolute atomic E-state index is 13.2. The molecule has 1 unspecified atom stereocenters. The SMILES string of the molecule is Cc1c(C[N+]2(C3CCC3)C(=O)CC[C@H]2C(N)=O)cccc1C(F)(F)F. The van der Waals surface area contributed by atoms with Crippen LogP contribution in [0.25, 0.3) is 0 Å². The summed E-state index contributed by atoms with van der Waals surface area (Å²) in [6.45, 7) is 1.53. The molecule has 2 amide bonds. The zero-order valence-corrected chi connectivity index (χ0v) is 14.1. The van der Waals surface area contributed by atoms with Crippen LogP contribution in [-0.2, 0) is 22.3 Å². The van der Waals surface area contributed by atoms with Crippen LogP contribution in [0.4, 0.5) is 13.2 Å². The Balaban J connectivity index is 2.06. The van der Waals surface area contributed by atoms with E-state index in [2.05, 4.69) is 0 Å². The van der Waals surface area contributed by atoms with Crippen LogP contribution in [0.2, 0.25) is 0 Å². The average molecular weight is 355 g/mol. The minimum atomic E-state index is -4.44. The van der Waals surface area contributed by atoms with Crippen molar-refractivity contribution in [2.75, 3.05) is 0 Å². The number of hydrogen-bond donors (Lipinski definition) is 1. The molecule has 1 aliphatic carbocycles. The monoisotopic (exact) mass is 355 g/mol. The number of carbonyl (C=O) groups is 2. The molecule has 2 aliphatic rings. The van der Waals surface area contributed by atoms with Gasteiger partial charge in [0.1, 0.15) is 6.54 Å². The van der Waals surface area contributed by atoms with Gasteiger partial charge < -0.3 is 5.73 Å². The molecule has 1 aromatic carbocycles. The van der Waals surface area contributed by atoms with E-state index in [0.29, 0.717) is 12.0 Å². The second kappa shape index (κ2) is 6.12. The Kier molecular flexibility index (Phi) is 4.39. The van der Waals surface area contributed by atoms with Gasteiger partial charge >= 0.3 is 12.1 Å². The first kappa shape index (κ1) is 17.9. The zero-order valence-electron chi connectivity index (χ0n) is 14.1. The Labute approximate surface area is 144 Å². The minimum Gasteiger partial charge on any atom is -0.364 e. The molecule has 1 aliphatic heterocycles. The molecule has 0 bridgehead atoms. The van der Waals surface area contributed by atoms with Gasteiger partial charge in [0.25, 0.3) is 5.91 Å². The molecular weight excluding hydrogens is 333 g/mol. The van der Waals surface area contributed by atoms with Gasteiger partial charge in [-0.25, -0.2) is 9.28 Å². The second-order valence-electron chi connectivity index (χ2n) is 7.11. The van der Waals surface area contributed by atoms with E-state index in [0.717, 1.165) is 25.3 Å². The van der Waals surface area contributed by atoms with E-state index in [1.807, 2.05) is 0 Å². The molecule has 1 heterocycles. The van der Waals surface area contributed by atoms with Crippen molar-refractivity contribution in [3.63, 3.8) is 0 Å². The van der Waals surface area contributed by atoms with Gasteiger partial charge in [0.2, 0.25) is 0 Å². The summed E-state index contributed by atoms with van der Waals surface area (Å²) < 4.78 is 39.5. The Morgan fingerprint density at radius 2 is 1.96 bits per heavy atom. The lowest BCUT2D eigenvalue weighted by atomic mass is 9.86. The summed E-state index contributed by atoms with van der Waals surface area (Å²) in [7, 11) is 0. The van der Waals surface area contributed by atoms with Crippen molar-refractivity contribution in [3.8, 4) is 0 Å². The van der Waals surface area contributed by atoms with Crippen LogP contribution in [0.3, 0.4) is 0 Å². The lowest BCUT2D eigenvalue weighted by molar-refractivity contribution is -0.905. The van der Waals surface area contributed by atoms with Gasteiger partial charge in [-0.15, -0.1) is 0 Å². The highest BCUT2D eigenvalue weighted by atomic mass is 19.4. The zero-order chi connectivity index (χ0) is 18.4. The Morgan fingerprint density at radius 1 is 1.28 bits per heavy atom. The fraction of sp³-hybridized carbons (Fsp3) is 0.556. The first-order valence-corrected chi connectivity index (χ1v) is 8.53. The van der Waals surface area contributed by atoms with Crippen molar-refractivity contribution in [1.82, 2.24) is 0 Å². The summed E-state index contributed by atoms with van der Waals surface area (Å²) in [6, 6.07) is 3.35. The van der Waals surface area contributed by atoms with E-state index >= 15 is 0 Å². The summed E-state index contributed by atoms with van der Waals surface area (Å²) in [5, 5.41) is 0. The van der Waals surface area contributed by atoms with Crippen molar-refractivity contribution in [2.45, 2.75) is 63.8 Å². The number of amides is 2. The van der Waals surface area contributed by atoms with Crippen LogP contribution in [0.15, 0.2) is 18.2 Å². The molecule has 2 fully saturated rings. The lowest BCUT2D eigenvalue weighted by Crippen LogP contribution is -2.65. The third-order valence-electron chi connectivity index (χ3n) is 5.89. The van der Waals surface area contributed by atoms with E-state index in [9.17, 15) is 22.8 Å². The third-order valence-corrected chi connectivity index (χ3v) is 5.89. The highest BCUT2D eigenvalue weighted by Gasteiger charge is 2.58. The van der Waals surface area contributed by atoms with Gasteiger partial charge in [-0.1, -0.05) is 12.1 Å². The molecule has 7 heteroatoms. The van der Waals surface area contributed by atoms with Crippen molar-refractivity contribution < 1.29 is 27.2 Å². The van der Waals surface area contributed by atoms with Crippen LogP contribution < -0.4 is 5.73 Å². The Morgan fingerprint density at radius 3 is 2.48 bits per heavy atom. The number of hydrogen-bond acceptors (Lipinski definition) is 2.